The van der Waals surface area contributed by atoms with Crippen molar-refractivity contribution >= 4 is 43.6 Å². The van der Waals surface area contributed by atoms with Gasteiger partial charge in [0.2, 0.25) is 5.91 Å². The number of thioether (sulfide) groups is 1. The van der Waals surface area contributed by atoms with Gasteiger partial charge in [0.1, 0.15) is 12.3 Å². The summed E-state index contributed by atoms with van der Waals surface area (Å²) in [7, 11) is -1.94. The summed E-state index contributed by atoms with van der Waals surface area (Å²) in [5.74, 6) is -1.57. The van der Waals surface area contributed by atoms with E-state index in [1.165, 1.54) is 40.9 Å². The Hall–Kier alpha value is -3.48. The highest BCUT2D eigenvalue weighted by Crippen LogP contribution is 2.53. The number of β-lactam (4-membered cyclic amide) rings is 1. The number of benzene rings is 2. The van der Waals surface area contributed by atoms with Crippen molar-refractivity contribution in [3.8, 4) is 0 Å². The number of nitrogens with zero attached hydrogens (tertiary/aromatic N) is 3. The number of ether oxygens (including phenoxy) is 1. The second-order valence-corrected chi connectivity index (χ2v) is 17.3. The first-order valence-electron chi connectivity index (χ1n) is 14.5. The molecule has 2 aromatic rings. The number of carbonyl (C=O) groups is 3. The van der Waals surface area contributed by atoms with Crippen molar-refractivity contribution < 1.29 is 28.5 Å². The fourth-order valence-electron chi connectivity index (χ4n) is 5.73. The van der Waals surface area contributed by atoms with Crippen molar-refractivity contribution in [1.29, 1.82) is 0 Å². The van der Waals surface area contributed by atoms with E-state index in [1.807, 2.05) is 45.9 Å². The first-order valence-corrected chi connectivity index (χ1v) is 18.7. The molecule has 2 aliphatic rings. The predicted octanol–water partition coefficient (Wildman–Crippen LogP) is 5.84. The lowest BCUT2D eigenvalue weighted by Crippen LogP contribution is -2.64. The van der Waals surface area contributed by atoms with Gasteiger partial charge in [-0.2, -0.15) is 0 Å². The fraction of sp³-hybridized carbons (Fsp3) is 0.452. The summed E-state index contributed by atoms with van der Waals surface area (Å²) in [4.78, 5) is 55.9. The van der Waals surface area contributed by atoms with E-state index in [0.29, 0.717) is 34.0 Å². The van der Waals surface area contributed by atoms with Crippen molar-refractivity contribution in [1.82, 2.24) is 9.80 Å². The summed E-state index contributed by atoms with van der Waals surface area (Å²) in [5, 5.41) is 11.0. The van der Waals surface area contributed by atoms with Crippen LogP contribution in [0.1, 0.15) is 43.6 Å². The van der Waals surface area contributed by atoms with Crippen LogP contribution in [-0.4, -0.2) is 66.1 Å². The molecular weight excluding hydrogens is 587 g/mol. The van der Waals surface area contributed by atoms with E-state index in [9.17, 15) is 24.5 Å². The molecule has 2 aromatic carbocycles. The minimum Gasteiger partial charge on any atom is -0.456 e. The molecule has 2 amide bonds. The molecule has 4 atom stereocenters. The average Bonchev–Trinajstić information content (AvgIpc) is 3.19. The molecule has 0 spiro atoms. The third-order valence-corrected chi connectivity index (χ3v) is 10.2. The first-order chi connectivity index (χ1) is 20.3. The number of rotatable bonds is 12. The maximum atomic E-state index is 13.7. The summed E-state index contributed by atoms with van der Waals surface area (Å²) in [6.45, 7) is 15.0. The van der Waals surface area contributed by atoms with E-state index in [2.05, 4.69) is 19.6 Å². The number of hydrogen-bond donors (Lipinski definition) is 0. The zero-order valence-corrected chi connectivity index (χ0v) is 27.5. The highest BCUT2D eigenvalue weighted by Gasteiger charge is 2.61. The van der Waals surface area contributed by atoms with Crippen LogP contribution >= 0.6 is 11.8 Å². The minimum absolute atomic E-state index is 0.0614. The molecule has 4 rings (SSSR count). The lowest BCUT2D eigenvalue weighted by Gasteiger charge is -2.48. The number of hydrogen-bond acceptors (Lipinski definition) is 8. The quantitative estimate of drug-likeness (QED) is 0.0949. The van der Waals surface area contributed by atoms with Gasteiger partial charge in [0.05, 0.1) is 28.6 Å². The van der Waals surface area contributed by atoms with Crippen LogP contribution in [0.15, 0.2) is 64.0 Å². The van der Waals surface area contributed by atoms with Gasteiger partial charge in [-0.25, -0.2) is 4.79 Å². The van der Waals surface area contributed by atoms with Crippen LogP contribution in [-0.2, 0) is 25.4 Å². The molecule has 2 heterocycles. The fourth-order valence-corrected chi connectivity index (χ4v) is 8.24. The van der Waals surface area contributed by atoms with Crippen molar-refractivity contribution in [2.75, 3.05) is 13.1 Å². The largest absolute Gasteiger partial charge is 0.456 e. The molecule has 0 aliphatic carbocycles. The number of esters is 1. The normalized spacial score (nSPS) is 20.4. The summed E-state index contributed by atoms with van der Waals surface area (Å²) >= 11 is 1.32. The second kappa shape index (κ2) is 13.0. The van der Waals surface area contributed by atoms with Gasteiger partial charge in [-0.3, -0.25) is 19.7 Å². The average molecular weight is 626 g/mol. The molecular formula is C31H39N3O7SSi. The van der Waals surface area contributed by atoms with Crippen molar-refractivity contribution in [3.63, 3.8) is 0 Å². The zero-order chi connectivity index (χ0) is 31.6. The topological polar surface area (TPSA) is 119 Å². The maximum absolute atomic E-state index is 13.7. The van der Waals surface area contributed by atoms with Crippen LogP contribution in [0.2, 0.25) is 19.6 Å². The third-order valence-electron chi connectivity index (χ3n) is 7.73. The van der Waals surface area contributed by atoms with E-state index in [4.69, 9.17) is 9.16 Å². The van der Waals surface area contributed by atoms with Gasteiger partial charge in [-0.1, -0.05) is 30.8 Å². The molecule has 10 nitrogen and oxygen atoms in total. The summed E-state index contributed by atoms with van der Waals surface area (Å²) in [6.07, 6.45) is -0.318. The predicted molar refractivity (Wildman–Crippen MR) is 167 cm³/mol. The Balaban J connectivity index is 1.68. The molecule has 2 aliphatic heterocycles. The van der Waals surface area contributed by atoms with Crippen LogP contribution in [0.3, 0.4) is 0 Å². The van der Waals surface area contributed by atoms with Crippen LogP contribution in [0.4, 0.5) is 5.69 Å². The third kappa shape index (κ3) is 6.71. The lowest BCUT2D eigenvalue weighted by molar-refractivity contribution is -0.384. The van der Waals surface area contributed by atoms with Gasteiger partial charge < -0.3 is 19.0 Å². The number of carbonyl (C=O) groups excluding carboxylic acids is 3. The summed E-state index contributed by atoms with van der Waals surface area (Å²) in [6, 6.07) is 12.8. The molecule has 0 radical (unpaired) electrons. The highest BCUT2D eigenvalue weighted by atomic mass is 32.2. The number of nitro benzene ring substituents is 1. The highest BCUT2D eigenvalue weighted by molar-refractivity contribution is 8.03. The molecule has 230 valence electrons. The van der Waals surface area contributed by atoms with Gasteiger partial charge in [0.15, 0.2) is 8.32 Å². The Kier molecular flexibility index (Phi) is 9.82. The Labute approximate surface area is 257 Å². The summed E-state index contributed by atoms with van der Waals surface area (Å²) < 4.78 is 12.0. The van der Waals surface area contributed by atoms with Gasteiger partial charge >= 0.3 is 5.97 Å². The second-order valence-electron chi connectivity index (χ2n) is 11.7. The Morgan fingerprint density at radius 3 is 2.30 bits per heavy atom. The number of amides is 2. The van der Waals surface area contributed by atoms with Gasteiger partial charge in [-0.05, 0) is 70.2 Å². The Bertz CT molecular complexity index is 1440. The van der Waals surface area contributed by atoms with E-state index >= 15 is 0 Å². The molecule has 1 fully saturated rings. The number of fused-ring (bicyclic) bond motifs is 1. The van der Waals surface area contributed by atoms with Crippen molar-refractivity contribution in [2.24, 2.45) is 11.8 Å². The van der Waals surface area contributed by atoms with Crippen LogP contribution < -0.4 is 0 Å². The molecule has 0 bridgehead atoms. The molecule has 43 heavy (non-hydrogen) atoms. The van der Waals surface area contributed by atoms with Crippen LogP contribution in [0.25, 0.3) is 0 Å². The Morgan fingerprint density at radius 1 is 1.09 bits per heavy atom. The van der Waals surface area contributed by atoms with Crippen molar-refractivity contribution in [2.45, 2.75) is 71.0 Å². The monoisotopic (exact) mass is 625 g/mol. The number of non-ortho nitro benzene ring substituents is 1. The van der Waals surface area contributed by atoms with E-state index in [-0.39, 0.29) is 47.9 Å². The molecule has 0 aromatic heterocycles. The van der Waals surface area contributed by atoms with Crippen LogP contribution in [0, 0.1) is 22.0 Å². The number of nitro groups is 1. The molecule has 0 saturated carbocycles. The lowest BCUT2D eigenvalue weighted by atomic mass is 9.79. The molecule has 1 saturated heterocycles. The van der Waals surface area contributed by atoms with E-state index in [1.54, 1.807) is 11.0 Å². The molecule has 3 unspecified atom stereocenters. The van der Waals surface area contributed by atoms with Crippen molar-refractivity contribution in [3.05, 3.63) is 80.4 Å². The smallest absolute Gasteiger partial charge is 0.356 e. The SMILES string of the molecule is CCN(CC)C(=O)c1ccccc1SC1=C(C(=O)OCc2ccc([N+](=O)[O-])cc2)N2C(=O)C(C(C)O[Si](C)(C)C)[C@@H]2C1C. The summed E-state index contributed by atoms with van der Waals surface area (Å²) in [5.41, 5.74) is 1.23. The van der Waals surface area contributed by atoms with Gasteiger partial charge in [-0.15, -0.1) is 0 Å². The maximum Gasteiger partial charge on any atom is 0.356 e. The van der Waals surface area contributed by atoms with Crippen LogP contribution in [0.5, 0.6) is 0 Å². The minimum atomic E-state index is -1.94. The molecule has 12 heteroatoms. The molecule has 0 N–H and O–H groups in total. The Morgan fingerprint density at radius 2 is 1.72 bits per heavy atom. The standard InChI is InChI=1S/C31H39N3O7SSi/c1-8-32(9-2)29(35)23-12-10-11-13-24(23)42-28-19(3)26-25(20(4)41-43(5,6)7)30(36)33(26)27(28)31(37)40-18-21-14-16-22(17-15-21)34(38)39/h10-17,19-20,25-26H,8-9,18H2,1-7H3/t19?,20?,25?,26-/m0/s1. The zero-order valence-electron chi connectivity index (χ0n) is 25.7. The van der Waals surface area contributed by atoms with E-state index < -0.39 is 25.1 Å². The van der Waals surface area contributed by atoms with Gasteiger partial charge in [0, 0.05) is 40.9 Å². The van der Waals surface area contributed by atoms with E-state index in [0.717, 1.165) is 0 Å². The first kappa shape index (κ1) is 32.4. The van der Waals surface area contributed by atoms with Gasteiger partial charge in [0.25, 0.3) is 11.6 Å².